The molecule has 0 atom stereocenters. The predicted molar refractivity (Wildman–Crippen MR) is 110 cm³/mol. The topological polar surface area (TPSA) is 86.7 Å². The van der Waals surface area contributed by atoms with Gasteiger partial charge >= 0.3 is 5.97 Å². The molecule has 3 rings (SSSR count). The van der Waals surface area contributed by atoms with Gasteiger partial charge in [-0.2, -0.15) is 0 Å². The number of carboxylic acids is 1. The smallest absolute Gasteiger partial charge is 0.335 e. The van der Waals surface area contributed by atoms with Gasteiger partial charge in [0.2, 0.25) is 11.8 Å². The fourth-order valence-corrected chi connectivity index (χ4v) is 3.74. The number of nitrogens with one attached hydrogen (secondary N) is 1. The molecule has 152 valence electrons. The molecule has 1 aliphatic heterocycles. The maximum absolute atomic E-state index is 12.4. The highest BCUT2D eigenvalue weighted by molar-refractivity contribution is 5.92. The lowest BCUT2D eigenvalue weighted by Crippen LogP contribution is -2.44. The number of carbonyl (C=O) groups excluding carboxylic acids is 2. The lowest BCUT2D eigenvalue weighted by molar-refractivity contribution is -0.133. The number of likely N-dealkylation sites (tertiary alicyclic amines) is 1. The first-order valence-corrected chi connectivity index (χ1v) is 9.92. The minimum Gasteiger partial charge on any atom is -0.478 e. The lowest BCUT2D eigenvalue weighted by Gasteiger charge is -2.32. The van der Waals surface area contributed by atoms with Crippen LogP contribution < -0.4 is 5.32 Å². The van der Waals surface area contributed by atoms with Gasteiger partial charge in [-0.1, -0.05) is 48.5 Å². The maximum atomic E-state index is 12.4. The van der Waals surface area contributed by atoms with Gasteiger partial charge in [0.25, 0.3) is 0 Å². The Morgan fingerprint density at radius 3 is 2.31 bits per heavy atom. The standard InChI is InChI=1S/C23H26N2O4/c26-21(15-19-8-4-5-9-20(19)23(28)29)24-16-22(27)25-12-10-18(11-13-25)14-17-6-2-1-3-7-17/h1-9,18H,10-16H2,(H,24,26)(H,28,29). The summed E-state index contributed by atoms with van der Waals surface area (Å²) < 4.78 is 0. The van der Waals surface area contributed by atoms with Gasteiger partial charge in [-0.05, 0) is 42.4 Å². The third-order valence-corrected chi connectivity index (χ3v) is 5.37. The van der Waals surface area contributed by atoms with Crippen LogP contribution in [0.15, 0.2) is 54.6 Å². The predicted octanol–water partition coefficient (Wildman–Crippen LogP) is 2.52. The van der Waals surface area contributed by atoms with Gasteiger partial charge in [-0.3, -0.25) is 9.59 Å². The molecule has 2 aromatic rings. The average Bonchev–Trinajstić information content (AvgIpc) is 2.73. The van der Waals surface area contributed by atoms with E-state index in [1.54, 1.807) is 23.1 Å². The summed E-state index contributed by atoms with van der Waals surface area (Å²) in [6.45, 7) is 1.35. The monoisotopic (exact) mass is 394 g/mol. The van der Waals surface area contributed by atoms with Crippen molar-refractivity contribution in [2.24, 2.45) is 5.92 Å². The van der Waals surface area contributed by atoms with E-state index < -0.39 is 5.97 Å². The average molecular weight is 394 g/mol. The van der Waals surface area contributed by atoms with Crippen molar-refractivity contribution in [2.45, 2.75) is 25.7 Å². The first-order valence-electron chi connectivity index (χ1n) is 9.92. The van der Waals surface area contributed by atoms with Crippen LogP contribution in [0.2, 0.25) is 0 Å². The number of carboxylic acid groups (broad SMARTS) is 1. The second-order valence-electron chi connectivity index (χ2n) is 7.43. The van der Waals surface area contributed by atoms with Crippen LogP contribution in [0.4, 0.5) is 0 Å². The molecule has 2 N–H and O–H groups in total. The van der Waals surface area contributed by atoms with Crippen molar-refractivity contribution in [2.75, 3.05) is 19.6 Å². The zero-order valence-electron chi connectivity index (χ0n) is 16.3. The molecule has 29 heavy (non-hydrogen) atoms. The second kappa shape index (κ2) is 9.87. The van der Waals surface area contributed by atoms with Gasteiger partial charge in [0, 0.05) is 13.1 Å². The first-order chi connectivity index (χ1) is 14.0. The van der Waals surface area contributed by atoms with E-state index in [2.05, 4.69) is 17.4 Å². The summed E-state index contributed by atoms with van der Waals surface area (Å²) in [6, 6.07) is 16.8. The van der Waals surface area contributed by atoms with Gasteiger partial charge in [-0.25, -0.2) is 4.79 Å². The van der Waals surface area contributed by atoms with Crippen molar-refractivity contribution in [3.8, 4) is 0 Å². The maximum Gasteiger partial charge on any atom is 0.335 e. The summed E-state index contributed by atoms with van der Waals surface area (Å²) in [5.74, 6) is -0.944. The zero-order valence-corrected chi connectivity index (χ0v) is 16.3. The molecule has 0 aliphatic carbocycles. The molecule has 6 heteroatoms. The molecule has 1 fully saturated rings. The number of piperidine rings is 1. The summed E-state index contributed by atoms with van der Waals surface area (Å²) in [4.78, 5) is 37.6. The Morgan fingerprint density at radius 1 is 0.966 bits per heavy atom. The minimum atomic E-state index is -1.07. The fourth-order valence-electron chi connectivity index (χ4n) is 3.74. The van der Waals surface area contributed by atoms with E-state index in [1.807, 2.05) is 18.2 Å². The Labute approximate surface area is 170 Å². The lowest BCUT2D eigenvalue weighted by atomic mass is 9.90. The van der Waals surface area contributed by atoms with Gasteiger partial charge in [-0.15, -0.1) is 0 Å². The van der Waals surface area contributed by atoms with Crippen LogP contribution in [-0.2, 0) is 22.4 Å². The van der Waals surface area contributed by atoms with Crippen molar-refractivity contribution >= 4 is 17.8 Å². The van der Waals surface area contributed by atoms with E-state index in [4.69, 9.17) is 0 Å². The molecule has 1 heterocycles. The summed E-state index contributed by atoms with van der Waals surface area (Å²) in [7, 11) is 0. The van der Waals surface area contributed by atoms with E-state index in [0.29, 0.717) is 24.6 Å². The van der Waals surface area contributed by atoms with Crippen molar-refractivity contribution in [1.29, 1.82) is 0 Å². The van der Waals surface area contributed by atoms with Crippen LogP contribution in [0.5, 0.6) is 0 Å². The fraction of sp³-hybridized carbons (Fsp3) is 0.348. The molecule has 2 aromatic carbocycles. The van der Waals surface area contributed by atoms with Gasteiger partial charge in [0.1, 0.15) is 0 Å². The SMILES string of the molecule is O=C(Cc1ccccc1C(=O)O)NCC(=O)N1CCC(Cc2ccccc2)CC1. The number of hydrogen-bond donors (Lipinski definition) is 2. The Morgan fingerprint density at radius 2 is 1.62 bits per heavy atom. The number of aromatic carboxylic acids is 1. The van der Waals surface area contributed by atoms with Crippen LogP contribution in [-0.4, -0.2) is 47.4 Å². The summed E-state index contributed by atoms with van der Waals surface area (Å²) in [5.41, 5.74) is 1.87. The van der Waals surface area contributed by atoms with Crippen molar-refractivity contribution in [3.05, 3.63) is 71.3 Å². The van der Waals surface area contributed by atoms with E-state index in [-0.39, 0.29) is 30.3 Å². The number of hydrogen-bond acceptors (Lipinski definition) is 3. The highest BCUT2D eigenvalue weighted by Gasteiger charge is 2.23. The van der Waals surface area contributed by atoms with Crippen molar-refractivity contribution in [3.63, 3.8) is 0 Å². The quantitative estimate of drug-likeness (QED) is 0.756. The summed E-state index contributed by atoms with van der Waals surface area (Å²) >= 11 is 0. The minimum absolute atomic E-state index is 0.0581. The third-order valence-electron chi connectivity index (χ3n) is 5.37. The number of nitrogens with zero attached hydrogens (tertiary/aromatic N) is 1. The third kappa shape index (κ3) is 5.91. The molecule has 0 bridgehead atoms. The summed E-state index contributed by atoms with van der Waals surface area (Å²) in [5, 5.41) is 11.8. The van der Waals surface area contributed by atoms with Crippen LogP contribution >= 0.6 is 0 Å². The molecule has 0 radical (unpaired) electrons. The van der Waals surface area contributed by atoms with Gasteiger partial charge < -0.3 is 15.3 Å². The molecule has 0 spiro atoms. The number of rotatable bonds is 7. The molecule has 0 unspecified atom stereocenters. The van der Waals surface area contributed by atoms with Crippen LogP contribution in [0.25, 0.3) is 0 Å². The molecule has 1 aliphatic rings. The molecular formula is C23H26N2O4. The second-order valence-corrected chi connectivity index (χ2v) is 7.43. The Balaban J connectivity index is 1.42. The Kier molecular flexibility index (Phi) is 7.00. The number of amides is 2. The number of benzene rings is 2. The first kappa shape index (κ1) is 20.6. The molecule has 6 nitrogen and oxygen atoms in total. The van der Waals surface area contributed by atoms with E-state index >= 15 is 0 Å². The molecule has 0 saturated carbocycles. The van der Waals surface area contributed by atoms with Crippen molar-refractivity contribution in [1.82, 2.24) is 10.2 Å². The normalized spacial score (nSPS) is 14.4. The van der Waals surface area contributed by atoms with E-state index in [9.17, 15) is 19.5 Å². The Bertz CT molecular complexity index is 858. The van der Waals surface area contributed by atoms with Crippen LogP contribution in [0.1, 0.15) is 34.3 Å². The molecule has 1 saturated heterocycles. The number of carbonyl (C=O) groups is 3. The van der Waals surface area contributed by atoms with Gasteiger partial charge in [0.15, 0.2) is 0 Å². The highest BCUT2D eigenvalue weighted by atomic mass is 16.4. The van der Waals surface area contributed by atoms with Crippen LogP contribution in [0, 0.1) is 5.92 Å². The molecule has 2 amide bonds. The van der Waals surface area contributed by atoms with Crippen LogP contribution in [0.3, 0.4) is 0 Å². The largest absolute Gasteiger partial charge is 0.478 e. The Hall–Kier alpha value is -3.15. The zero-order chi connectivity index (χ0) is 20.6. The van der Waals surface area contributed by atoms with Gasteiger partial charge in [0.05, 0.1) is 18.5 Å². The van der Waals surface area contributed by atoms with Crippen molar-refractivity contribution < 1.29 is 19.5 Å². The molecule has 0 aromatic heterocycles. The highest BCUT2D eigenvalue weighted by Crippen LogP contribution is 2.21. The summed E-state index contributed by atoms with van der Waals surface area (Å²) in [6.07, 6.45) is 2.89. The molecular weight excluding hydrogens is 368 g/mol. The van der Waals surface area contributed by atoms with E-state index in [1.165, 1.54) is 11.6 Å². The van der Waals surface area contributed by atoms with E-state index in [0.717, 1.165) is 19.3 Å².